The lowest BCUT2D eigenvalue weighted by atomic mass is 9.87. The number of hydrogen-bond donors (Lipinski definition) is 2. The van der Waals surface area contributed by atoms with E-state index in [0.29, 0.717) is 10.9 Å². The molecular weight excluding hydrogens is 286 g/mol. The number of halogens is 1. The van der Waals surface area contributed by atoms with Crippen LogP contribution in [0.2, 0.25) is 5.02 Å². The molecule has 2 aromatic rings. The van der Waals surface area contributed by atoms with Crippen molar-refractivity contribution in [2.24, 2.45) is 5.84 Å². The van der Waals surface area contributed by atoms with Crippen LogP contribution in [0.5, 0.6) is 5.75 Å². The average molecular weight is 304 g/mol. The molecule has 0 spiro atoms. The molecule has 2 heterocycles. The molecule has 1 aliphatic heterocycles. The van der Waals surface area contributed by atoms with Crippen molar-refractivity contribution in [3.05, 3.63) is 58.9 Å². The van der Waals surface area contributed by atoms with E-state index in [9.17, 15) is 0 Å². The van der Waals surface area contributed by atoms with Gasteiger partial charge in [0.25, 0.3) is 0 Å². The normalized spacial score (nSPS) is 18.7. The van der Waals surface area contributed by atoms with Gasteiger partial charge in [-0.2, -0.15) is 0 Å². The highest BCUT2D eigenvalue weighted by atomic mass is 35.5. The quantitative estimate of drug-likeness (QED) is 0.672. The van der Waals surface area contributed by atoms with Gasteiger partial charge in [0.1, 0.15) is 5.75 Å². The maximum absolute atomic E-state index is 5.89. The first kappa shape index (κ1) is 14.3. The minimum absolute atomic E-state index is 0.00146. The summed E-state index contributed by atoms with van der Waals surface area (Å²) in [6.07, 6.45) is 3.52. The Kier molecular flexibility index (Phi) is 4.39. The molecule has 21 heavy (non-hydrogen) atoms. The van der Waals surface area contributed by atoms with Crippen LogP contribution in [0.25, 0.3) is 0 Å². The van der Waals surface area contributed by atoms with Crippen LogP contribution in [0.3, 0.4) is 0 Å². The molecule has 5 heteroatoms. The number of nitrogens with two attached hydrogens (primary N) is 1. The highest BCUT2D eigenvalue weighted by Crippen LogP contribution is 2.38. The Labute approximate surface area is 129 Å². The van der Waals surface area contributed by atoms with Gasteiger partial charge in [0.15, 0.2) is 0 Å². The van der Waals surface area contributed by atoms with Crippen molar-refractivity contribution in [2.75, 3.05) is 6.61 Å². The minimum atomic E-state index is -0.00146. The number of hydrazine groups is 1. The maximum Gasteiger partial charge on any atom is 0.122 e. The van der Waals surface area contributed by atoms with Gasteiger partial charge >= 0.3 is 0 Å². The molecule has 0 radical (unpaired) electrons. The van der Waals surface area contributed by atoms with Gasteiger partial charge < -0.3 is 4.74 Å². The minimum Gasteiger partial charge on any atom is -0.493 e. The van der Waals surface area contributed by atoms with Crippen LogP contribution >= 0.6 is 11.6 Å². The zero-order chi connectivity index (χ0) is 14.7. The van der Waals surface area contributed by atoms with E-state index in [1.54, 1.807) is 6.20 Å². The number of fused-ring (bicyclic) bond motifs is 1. The van der Waals surface area contributed by atoms with Crippen LogP contribution in [0.15, 0.2) is 42.6 Å². The smallest absolute Gasteiger partial charge is 0.122 e. The molecule has 0 bridgehead atoms. The Balaban J connectivity index is 1.80. The standard InChI is InChI=1S/C16H18ClN3O/c17-12-5-6-14(19-10-12)15(20-18)9-11-7-8-21-16-4-2-1-3-13(11)16/h1-6,10-11,15,20H,7-9,18H2. The second-order valence-corrected chi connectivity index (χ2v) is 5.66. The molecule has 2 unspecified atom stereocenters. The molecule has 0 fully saturated rings. The molecule has 0 saturated heterocycles. The summed E-state index contributed by atoms with van der Waals surface area (Å²) in [5.74, 6) is 7.12. The number of nitrogens with one attached hydrogen (secondary N) is 1. The number of ether oxygens (including phenoxy) is 1. The van der Waals surface area contributed by atoms with Crippen molar-refractivity contribution in [3.63, 3.8) is 0 Å². The molecular formula is C16H18ClN3O. The second-order valence-electron chi connectivity index (χ2n) is 5.23. The number of rotatable bonds is 4. The number of hydrogen-bond acceptors (Lipinski definition) is 4. The van der Waals surface area contributed by atoms with Crippen LogP contribution < -0.4 is 16.0 Å². The van der Waals surface area contributed by atoms with E-state index in [4.69, 9.17) is 22.2 Å². The predicted octanol–water partition coefficient (Wildman–Crippen LogP) is 3.20. The molecule has 4 nitrogen and oxygen atoms in total. The van der Waals surface area contributed by atoms with E-state index in [1.165, 1.54) is 5.56 Å². The summed E-state index contributed by atoms with van der Waals surface area (Å²) in [4.78, 5) is 4.37. The van der Waals surface area contributed by atoms with Crippen molar-refractivity contribution >= 4 is 11.6 Å². The monoisotopic (exact) mass is 303 g/mol. The first-order valence-corrected chi connectivity index (χ1v) is 7.45. The van der Waals surface area contributed by atoms with Crippen molar-refractivity contribution < 1.29 is 4.74 Å². The van der Waals surface area contributed by atoms with Crippen molar-refractivity contribution in [1.82, 2.24) is 10.4 Å². The summed E-state index contributed by atoms with van der Waals surface area (Å²) in [6.45, 7) is 0.743. The molecule has 1 aromatic heterocycles. The molecule has 0 amide bonds. The van der Waals surface area contributed by atoms with Crippen molar-refractivity contribution in [3.8, 4) is 5.75 Å². The first-order valence-electron chi connectivity index (χ1n) is 7.07. The Hall–Kier alpha value is -1.62. The van der Waals surface area contributed by atoms with Crippen LogP contribution in [-0.2, 0) is 0 Å². The van der Waals surface area contributed by atoms with Crippen LogP contribution in [-0.4, -0.2) is 11.6 Å². The largest absolute Gasteiger partial charge is 0.493 e. The number of nitrogens with zero attached hydrogens (tertiary/aromatic N) is 1. The van der Waals surface area contributed by atoms with E-state index in [1.807, 2.05) is 30.3 Å². The van der Waals surface area contributed by atoms with E-state index in [0.717, 1.165) is 30.9 Å². The SMILES string of the molecule is NNC(CC1CCOc2ccccc21)c1ccc(Cl)cn1. The molecule has 3 rings (SSSR count). The lowest BCUT2D eigenvalue weighted by molar-refractivity contribution is 0.255. The number of pyridine rings is 1. The second kappa shape index (κ2) is 6.43. The number of aromatic nitrogens is 1. The third-order valence-corrected chi connectivity index (χ3v) is 4.13. The topological polar surface area (TPSA) is 60.2 Å². The van der Waals surface area contributed by atoms with Gasteiger partial charge in [-0.05, 0) is 42.5 Å². The van der Waals surface area contributed by atoms with Crippen LogP contribution in [0, 0.1) is 0 Å². The fraction of sp³-hybridized carbons (Fsp3) is 0.312. The Morgan fingerprint density at radius 2 is 2.19 bits per heavy atom. The molecule has 3 N–H and O–H groups in total. The summed E-state index contributed by atoms with van der Waals surface area (Å²) in [5.41, 5.74) is 5.03. The van der Waals surface area contributed by atoms with E-state index < -0.39 is 0 Å². The lowest BCUT2D eigenvalue weighted by Gasteiger charge is -2.28. The van der Waals surface area contributed by atoms with Crippen LogP contribution in [0.1, 0.15) is 36.1 Å². The van der Waals surface area contributed by atoms with Crippen molar-refractivity contribution in [2.45, 2.75) is 24.8 Å². The summed E-state index contributed by atoms with van der Waals surface area (Å²) >= 11 is 5.89. The third kappa shape index (κ3) is 3.18. The summed E-state index contributed by atoms with van der Waals surface area (Å²) in [6, 6.07) is 11.9. The van der Waals surface area contributed by atoms with Gasteiger partial charge in [0.05, 0.1) is 23.4 Å². The summed E-state index contributed by atoms with van der Waals surface area (Å²) < 4.78 is 5.71. The van der Waals surface area contributed by atoms with Gasteiger partial charge in [0.2, 0.25) is 0 Å². The highest BCUT2D eigenvalue weighted by molar-refractivity contribution is 6.30. The maximum atomic E-state index is 5.89. The van der Waals surface area contributed by atoms with Gasteiger partial charge in [-0.1, -0.05) is 29.8 Å². The Morgan fingerprint density at radius 3 is 2.95 bits per heavy atom. The zero-order valence-corrected chi connectivity index (χ0v) is 12.4. The zero-order valence-electron chi connectivity index (χ0n) is 11.6. The van der Waals surface area contributed by atoms with Gasteiger partial charge in [-0.25, -0.2) is 0 Å². The summed E-state index contributed by atoms with van der Waals surface area (Å²) in [5, 5.41) is 0.630. The molecule has 2 atom stereocenters. The molecule has 1 aliphatic rings. The van der Waals surface area contributed by atoms with Gasteiger partial charge in [0, 0.05) is 6.20 Å². The van der Waals surface area contributed by atoms with E-state index in [-0.39, 0.29) is 6.04 Å². The molecule has 0 saturated carbocycles. The fourth-order valence-electron chi connectivity index (χ4n) is 2.81. The molecule has 0 aliphatic carbocycles. The van der Waals surface area contributed by atoms with E-state index in [2.05, 4.69) is 16.5 Å². The van der Waals surface area contributed by atoms with Crippen molar-refractivity contribution in [1.29, 1.82) is 0 Å². The Bertz CT molecular complexity index is 603. The third-order valence-electron chi connectivity index (χ3n) is 3.91. The van der Waals surface area contributed by atoms with Crippen LogP contribution in [0.4, 0.5) is 0 Å². The highest BCUT2D eigenvalue weighted by Gasteiger charge is 2.25. The lowest BCUT2D eigenvalue weighted by Crippen LogP contribution is -2.31. The number of benzene rings is 1. The van der Waals surface area contributed by atoms with E-state index >= 15 is 0 Å². The fourth-order valence-corrected chi connectivity index (χ4v) is 2.92. The Morgan fingerprint density at radius 1 is 1.33 bits per heavy atom. The molecule has 1 aromatic carbocycles. The predicted molar refractivity (Wildman–Crippen MR) is 83.2 cm³/mol. The molecule has 110 valence electrons. The van der Waals surface area contributed by atoms with Gasteiger partial charge in [-0.15, -0.1) is 0 Å². The van der Waals surface area contributed by atoms with Gasteiger partial charge in [-0.3, -0.25) is 16.3 Å². The first-order chi connectivity index (χ1) is 10.3. The number of para-hydroxylation sites is 1. The summed E-state index contributed by atoms with van der Waals surface area (Å²) in [7, 11) is 0. The average Bonchev–Trinajstić information content (AvgIpc) is 2.54.